The first kappa shape index (κ1) is 19.1. The second kappa shape index (κ2) is 8.74. The maximum Gasteiger partial charge on any atom is 0.344 e. The Labute approximate surface area is 156 Å². The lowest BCUT2D eigenvalue weighted by Gasteiger charge is -2.21. The van der Waals surface area contributed by atoms with Gasteiger partial charge in [-0.25, -0.2) is 4.79 Å². The molecule has 5 nitrogen and oxygen atoms in total. The fourth-order valence-corrected chi connectivity index (χ4v) is 2.53. The number of ether oxygens (including phenoxy) is 2. The van der Waals surface area contributed by atoms with Crippen molar-refractivity contribution in [1.82, 2.24) is 0 Å². The largest absolute Gasteiger partial charge is 0.480 e. The average molecular weight is 382 g/mol. The fraction of sp³-hybridized carbons (Fsp3) is 0.222. The first-order valence-electron chi connectivity index (χ1n) is 7.48. The second-order valence-corrected chi connectivity index (χ2v) is 6.07. The lowest BCUT2D eigenvalue weighted by molar-refractivity contribution is -0.155. The molecule has 1 amide bonds. The summed E-state index contributed by atoms with van der Waals surface area (Å²) >= 11 is 11.7. The first-order chi connectivity index (χ1) is 11.9. The minimum atomic E-state index is -0.943. The van der Waals surface area contributed by atoms with Gasteiger partial charge in [-0.05, 0) is 37.3 Å². The molecule has 0 radical (unpaired) electrons. The van der Waals surface area contributed by atoms with E-state index in [-0.39, 0.29) is 17.5 Å². The summed E-state index contributed by atoms with van der Waals surface area (Å²) in [4.78, 5) is 25.6. The molecule has 0 spiro atoms. The van der Waals surface area contributed by atoms with Crippen molar-refractivity contribution in [2.45, 2.75) is 13.0 Å². The van der Waals surface area contributed by atoms with E-state index >= 15 is 0 Å². The third-order valence-corrected chi connectivity index (χ3v) is 3.90. The van der Waals surface area contributed by atoms with Crippen LogP contribution < -0.4 is 9.64 Å². The molecule has 0 saturated carbocycles. The van der Waals surface area contributed by atoms with Gasteiger partial charge < -0.3 is 14.4 Å². The van der Waals surface area contributed by atoms with Crippen molar-refractivity contribution in [3.63, 3.8) is 0 Å². The van der Waals surface area contributed by atoms with Crippen molar-refractivity contribution in [1.29, 1.82) is 0 Å². The Morgan fingerprint density at radius 3 is 2.44 bits per heavy atom. The van der Waals surface area contributed by atoms with Crippen molar-refractivity contribution in [2.75, 3.05) is 18.6 Å². The predicted molar refractivity (Wildman–Crippen MR) is 97.4 cm³/mol. The number of esters is 1. The topological polar surface area (TPSA) is 55.8 Å². The molecule has 0 fully saturated rings. The number of hydrogen-bond donors (Lipinski definition) is 0. The van der Waals surface area contributed by atoms with Crippen LogP contribution in [0.2, 0.25) is 10.0 Å². The van der Waals surface area contributed by atoms with Crippen LogP contribution in [-0.4, -0.2) is 31.6 Å². The van der Waals surface area contributed by atoms with Crippen molar-refractivity contribution >= 4 is 40.8 Å². The molecule has 0 aromatic heterocycles. The van der Waals surface area contributed by atoms with E-state index in [0.29, 0.717) is 16.5 Å². The second-order valence-electron chi connectivity index (χ2n) is 5.23. The van der Waals surface area contributed by atoms with E-state index in [1.807, 2.05) is 18.2 Å². The quantitative estimate of drug-likeness (QED) is 0.710. The molecule has 7 heteroatoms. The lowest BCUT2D eigenvalue weighted by atomic mass is 10.2. The van der Waals surface area contributed by atoms with Crippen molar-refractivity contribution in [3.05, 3.63) is 58.6 Å². The summed E-state index contributed by atoms with van der Waals surface area (Å²) < 4.78 is 10.4. The van der Waals surface area contributed by atoms with Gasteiger partial charge in [0.25, 0.3) is 5.91 Å². The number of amides is 1. The van der Waals surface area contributed by atoms with Gasteiger partial charge in [-0.1, -0.05) is 41.4 Å². The Balaban J connectivity index is 1.88. The highest BCUT2D eigenvalue weighted by Crippen LogP contribution is 2.27. The van der Waals surface area contributed by atoms with E-state index in [1.165, 1.54) is 17.9 Å². The van der Waals surface area contributed by atoms with Crippen LogP contribution in [0.1, 0.15) is 6.92 Å². The maximum atomic E-state index is 12.3. The Morgan fingerprint density at radius 1 is 1.12 bits per heavy atom. The van der Waals surface area contributed by atoms with Crippen LogP contribution in [-0.2, 0) is 14.3 Å². The molecule has 0 saturated heterocycles. The van der Waals surface area contributed by atoms with Gasteiger partial charge in [0.2, 0.25) is 0 Å². The van der Waals surface area contributed by atoms with Crippen LogP contribution in [0, 0.1) is 0 Å². The van der Waals surface area contributed by atoms with Crippen LogP contribution in [0.25, 0.3) is 0 Å². The molecular weight excluding hydrogens is 365 g/mol. The minimum Gasteiger partial charge on any atom is -0.480 e. The summed E-state index contributed by atoms with van der Waals surface area (Å²) in [6.07, 6.45) is -0.943. The number of carbonyl (C=O) groups is 2. The van der Waals surface area contributed by atoms with Gasteiger partial charge in [-0.3, -0.25) is 4.79 Å². The van der Waals surface area contributed by atoms with Crippen LogP contribution in [0.5, 0.6) is 5.75 Å². The summed E-state index contributed by atoms with van der Waals surface area (Å²) in [5.41, 5.74) is 0.708. The fourth-order valence-electron chi connectivity index (χ4n) is 2.06. The molecule has 132 valence electrons. The summed E-state index contributed by atoms with van der Waals surface area (Å²) in [5, 5.41) is 0.747. The van der Waals surface area contributed by atoms with Crippen LogP contribution in [0.3, 0.4) is 0 Å². The summed E-state index contributed by atoms with van der Waals surface area (Å²) in [6, 6.07) is 13.7. The molecule has 0 aliphatic heterocycles. The van der Waals surface area contributed by atoms with Gasteiger partial charge in [0.05, 0.1) is 5.02 Å². The van der Waals surface area contributed by atoms with Crippen LogP contribution >= 0.6 is 23.2 Å². The zero-order chi connectivity index (χ0) is 18.4. The molecule has 2 aromatic carbocycles. The molecular formula is C18H17Cl2NO4. The normalized spacial score (nSPS) is 11.5. The van der Waals surface area contributed by atoms with E-state index in [4.69, 9.17) is 32.7 Å². The highest BCUT2D eigenvalue weighted by Gasteiger charge is 2.22. The van der Waals surface area contributed by atoms with E-state index in [0.717, 1.165) is 0 Å². The van der Waals surface area contributed by atoms with Gasteiger partial charge in [-0.15, -0.1) is 0 Å². The van der Waals surface area contributed by atoms with Gasteiger partial charge in [-0.2, -0.15) is 0 Å². The minimum absolute atomic E-state index is 0.285. The van der Waals surface area contributed by atoms with E-state index < -0.39 is 12.1 Å². The van der Waals surface area contributed by atoms with Crippen molar-refractivity contribution < 1.29 is 19.1 Å². The molecule has 0 N–H and O–H groups in total. The number of nitrogens with zero attached hydrogens (tertiary/aromatic N) is 1. The summed E-state index contributed by atoms with van der Waals surface area (Å²) in [6.45, 7) is 1.14. The molecule has 0 aliphatic rings. The smallest absolute Gasteiger partial charge is 0.344 e. The predicted octanol–water partition coefficient (Wildman–Crippen LogP) is 3.97. The molecule has 25 heavy (non-hydrogen) atoms. The number of likely N-dealkylation sites (N-methyl/N-ethyl adjacent to an activating group) is 1. The van der Waals surface area contributed by atoms with Crippen LogP contribution in [0.15, 0.2) is 48.5 Å². The standard InChI is InChI=1S/C18H17Cl2NO4/c1-12(18(23)21(2)14-6-4-3-5-7-14)25-17(22)11-24-16-9-8-13(19)10-15(16)20/h3-10,12H,11H2,1-2H3/t12-/m0/s1. The SMILES string of the molecule is C[C@H](OC(=O)COc1ccc(Cl)cc1Cl)C(=O)N(C)c1ccccc1. The number of hydrogen-bond acceptors (Lipinski definition) is 4. The number of benzene rings is 2. The first-order valence-corrected chi connectivity index (χ1v) is 8.24. The molecule has 2 aromatic rings. The Bertz CT molecular complexity index is 752. The summed E-state index contributed by atoms with van der Waals surface area (Å²) in [7, 11) is 1.62. The number of para-hydroxylation sites is 1. The van der Waals surface area contributed by atoms with E-state index in [9.17, 15) is 9.59 Å². The van der Waals surface area contributed by atoms with E-state index in [1.54, 1.807) is 31.3 Å². The highest BCUT2D eigenvalue weighted by atomic mass is 35.5. The molecule has 2 rings (SSSR count). The van der Waals surface area contributed by atoms with Gasteiger partial charge in [0.15, 0.2) is 12.7 Å². The molecule has 0 bridgehead atoms. The van der Waals surface area contributed by atoms with Crippen molar-refractivity contribution in [3.8, 4) is 5.75 Å². The summed E-state index contributed by atoms with van der Waals surface area (Å²) in [5.74, 6) is -0.708. The monoisotopic (exact) mass is 381 g/mol. The molecule has 1 atom stereocenters. The third-order valence-electron chi connectivity index (χ3n) is 3.37. The van der Waals surface area contributed by atoms with Gasteiger partial charge >= 0.3 is 5.97 Å². The van der Waals surface area contributed by atoms with Crippen molar-refractivity contribution in [2.24, 2.45) is 0 Å². The Hall–Kier alpha value is -2.24. The molecule has 0 heterocycles. The van der Waals surface area contributed by atoms with E-state index in [2.05, 4.69) is 0 Å². The highest BCUT2D eigenvalue weighted by molar-refractivity contribution is 6.35. The average Bonchev–Trinajstić information content (AvgIpc) is 2.60. The number of halogens is 2. The van der Waals surface area contributed by atoms with Gasteiger partial charge in [0, 0.05) is 17.8 Å². The maximum absolute atomic E-state index is 12.3. The van der Waals surface area contributed by atoms with Crippen LogP contribution in [0.4, 0.5) is 5.69 Å². The number of anilines is 1. The molecule has 0 aliphatic carbocycles. The zero-order valence-electron chi connectivity index (χ0n) is 13.7. The Morgan fingerprint density at radius 2 is 1.80 bits per heavy atom. The van der Waals surface area contributed by atoms with Gasteiger partial charge in [0.1, 0.15) is 5.75 Å². The zero-order valence-corrected chi connectivity index (χ0v) is 15.3. The molecule has 0 unspecified atom stereocenters. The Kier molecular flexibility index (Phi) is 6.67. The number of rotatable bonds is 6. The lowest BCUT2D eigenvalue weighted by Crippen LogP contribution is -2.38. The number of carbonyl (C=O) groups excluding carboxylic acids is 2. The third kappa shape index (κ3) is 5.37.